The van der Waals surface area contributed by atoms with Gasteiger partial charge in [-0.2, -0.15) is 9.37 Å². The second kappa shape index (κ2) is 9.20. The smallest absolute Gasteiger partial charge is 0.410 e. The molecular weight excluding hydrogens is 486 g/mol. The van der Waals surface area contributed by atoms with Crippen molar-refractivity contribution in [1.29, 1.82) is 0 Å². The molecule has 2 bridgehead atoms. The number of piperidine rings is 1. The number of nitrogens with zero attached hydrogens (tertiary/aromatic N) is 3. The molecule has 1 N–H and O–H groups in total. The fourth-order valence-electron chi connectivity index (χ4n) is 4.92. The summed E-state index contributed by atoms with van der Waals surface area (Å²) in [6.07, 6.45) is 3.75. The van der Waals surface area contributed by atoms with E-state index in [4.69, 9.17) is 14.2 Å². The number of hydrogen-bond acceptors (Lipinski definition) is 8. The monoisotopic (exact) mass is 514 g/mol. The highest BCUT2D eigenvalue weighted by Crippen LogP contribution is 2.40. The van der Waals surface area contributed by atoms with Gasteiger partial charge in [-0.1, -0.05) is 0 Å². The summed E-state index contributed by atoms with van der Waals surface area (Å²) in [5, 5.41) is 2.64. The zero-order valence-corrected chi connectivity index (χ0v) is 20.4. The van der Waals surface area contributed by atoms with Gasteiger partial charge in [0.25, 0.3) is 5.88 Å². The fraction of sp³-hybridized carbons (Fsp3) is 0.538. The molecule has 1 amide bonds. The van der Waals surface area contributed by atoms with Crippen LogP contribution in [0, 0.1) is 29.4 Å². The van der Waals surface area contributed by atoms with Crippen molar-refractivity contribution in [2.75, 3.05) is 31.6 Å². The highest BCUT2D eigenvalue weighted by molar-refractivity contribution is 5.99. The largest absolute Gasteiger partial charge is 0.471 e. The van der Waals surface area contributed by atoms with Gasteiger partial charge in [-0.25, -0.2) is 14.2 Å². The molecule has 2 saturated heterocycles. The maximum absolute atomic E-state index is 15.3. The highest BCUT2D eigenvalue weighted by Gasteiger charge is 2.47. The van der Waals surface area contributed by atoms with E-state index in [0.717, 1.165) is 38.1 Å². The molecule has 0 radical (unpaired) electrons. The van der Waals surface area contributed by atoms with Crippen molar-refractivity contribution < 1.29 is 32.6 Å². The van der Waals surface area contributed by atoms with E-state index in [2.05, 4.69) is 15.3 Å². The molecule has 2 saturated carbocycles. The van der Waals surface area contributed by atoms with Crippen LogP contribution >= 0.6 is 0 Å². The van der Waals surface area contributed by atoms with Gasteiger partial charge in [-0.05, 0) is 50.8 Å². The molecule has 2 aliphatic heterocycles. The number of benzene rings is 1. The average molecular weight is 515 g/mol. The average Bonchev–Trinajstić information content (AvgIpc) is 3.80. The summed E-state index contributed by atoms with van der Waals surface area (Å²) in [4.78, 5) is 34.4. The third-order valence-corrected chi connectivity index (χ3v) is 7.51. The number of aromatic nitrogens is 2. The summed E-state index contributed by atoms with van der Waals surface area (Å²) in [5.74, 6) is -2.53. The van der Waals surface area contributed by atoms with Crippen molar-refractivity contribution >= 4 is 23.4 Å². The van der Waals surface area contributed by atoms with Crippen molar-refractivity contribution in [3.8, 4) is 5.88 Å². The normalized spacial score (nSPS) is 25.8. The Kier molecular flexibility index (Phi) is 5.97. The first-order chi connectivity index (χ1) is 17.8. The van der Waals surface area contributed by atoms with Crippen molar-refractivity contribution in [3.63, 3.8) is 0 Å². The van der Waals surface area contributed by atoms with Crippen LogP contribution in [0.5, 0.6) is 5.88 Å². The number of carbonyl (C=O) groups is 2. The molecule has 4 fully saturated rings. The maximum Gasteiger partial charge on any atom is 0.410 e. The van der Waals surface area contributed by atoms with E-state index in [1.54, 1.807) is 4.90 Å². The first-order valence-corrected chi connectivity index (χ1v) is 12.6. The molecule has 2 unspecified atom stereocenters. The number of halogens is 2. The quantitative estimate of drug-likeness (QED) is 0.551. The Morgan fingerprint density at radius 1 is 1.14 bits per heavy atom. The van der Waals surface area contributed by atoms with Gasteiger partial charge >= 0.3 is 6.09 Å². The van der Waals surface area contributed by atoms with Gasteiger partial charge in [0, 0.05) is 36.4 Å². The summed E-state index contributed by atoms with van der Waals surface area (Å²) in [7, 11) is 0. The van der Waals surface area contributed by atoms with Crippen LogP contribution in [0.2, 0.25) is 0 Å². The van der Waals surface area contributed by atoms with Crippen LogP contribution in [0.4, 0.5) is 25.1 Å². The van der Waals surface area contributed by atoms with Gasteiger partial charge in [0.15, 0.2) is 11.6 Å². The number of Topliss-reactive ketones (excluding diaryl/α,β-unsaturated/α-hetero) is 1. The number of ketones is 1. The minimum absolute atomic E-state index is 0.0163. The second-order valence-corrected chi connectivity index (χ2v) is 10.7. The molecular formula is C26H28F2N4O5. The number of ether oxygens (including phenoxy) is 3. The van der Waals surface area contributed by atoms with Gasteiger partial charge in [-0.15, -0.1) is 0 Å². The standard InChI is InChI=1S/C26H28F2N4O5/c1-26(6-7-26)37-25(34)32-9-16-11-35-12-17(10-32)22(16)36-24-20(28)23(29-13-30-24)31-19-5-4-15(8-18(19)27)21(33)14-2-3-14/h4-5,8,13-14,16-17,22H,2-3,6-7,9-12H2,1H3,(H,29,30,31). The Balaban J connectivity index is 1.15. The van der Waals surface area contributed by atoms with Gasteiger partial charge in [0.2, 0.25) is 5.82 Å². The van der Waals surface area contributed by atoms with Crippen molar-refractivity contribution in [2.24, 2.45) is 17.8 Å². The van der Waals surface area contributed by atoms with Gasteiger partial charge in [0.05, 0.1) is 18.9 Å². The lowest BCUT2D eigenvalue weighted by Crippen LogP contribution is -2.59. The third-order valence-electron chi connectivity index (χ3n) is 7.51. The van der Waals surface area contributed by atoms with E-state index < -0.39 is 17.7 Å². The topological polar surface area (TPSA) is 103 Å². The summed E-state index contributed by atoms with van der Waals surface area (Å²) in [5.41, 5.74) is -0.0823. The summed E-state index contributed by atoms with van der Waals surface area (Å²) >= 11 is 0. The van der Waals surface area contributed by atoms with Crippen LogP contribution < -0.4 is 10.1 Å². The molecule has 1 aromatic heterocycles. The van der Waals surface area contributed by atoms with Crippen molar-refractivity contribution in [2.45, 2.75) is 44.3 Å². The predicted molar refractivity (Wildman–Crippen MR) is 127 cm³/mol. The molecule has 2 atom stereocenters. The summed E-state index contributed by atoms with van der Waals surface area (Å²) < 4.78 is 47.3. The van der Waals surface area contributed by atoms with Gasteiger partial charge in [-0.3, -0.25) is 4.79 Å². The number of anilines is 2. The number of amides is 1. The Morgan fingerprint density at radius 2 is 1.86 bits per heavy atom. The minimum atomic E-state index is -0.859. The molecule has 4 aliphatic rings. The Hall–Kier alpha value is -3.34. The van der Waals surface area contributed by atoms with Crippen LogP contribution in [0.25, 0.3) is 0 Å². The second-order valence-electron chi connectivity index (χ2n) is 10.7. The Bertz CT molecular complexity index is 1220. The van der Waals surface area contributed by atoms with E-state index in [-0.39, 0.29) is 52.6 Å². The van der Waals surface area contributed by atoms with E-state index in [1.165, 1.54) is 12.1 Å². The first-order valence-electron chi connectivity index (χ1n) is 12.6. The highest BCUT2D eigenvalue weighted by atomic mass is 19.1. The Labute approximate surface area is 212 Å². The molecule has 3 heterocycles. The van der Waals surface area contributed by atoms with Crippen molar-refractivity contribution in [3.05, 3.63) is 41.7 Å². The number of carbonyl (C=O) groups excluding carboxylic acids is 2. The predicted octanol–water partition coefficient (Wildman–Crippen LogP) is 4.11. The molecule has 1 aromatic carbocycles. The lowest BCUT2D eigenvalue weighted by molar-refractivity contribution is -0.112. The lowest BCUT2D eigenvalue weighted by atomic mass is 9.84. The summed E-state index contributed by atoms with van der Waals surface area (Å²) in [6.45, 7) is 3.37. The fourth-order valence-corrected chi connectivity index (χ4v) is 4.92. The molecule has 9 nitrogen and oxygen atoms in total. The van der Waals surface area contributed by atoms with Crippen LogP contribution in [0.3, 0.4) is 0 Å². The number of hydrogen-bond donors (Lipinski definition) is 1. The molecule has 196 valence electrons. The van der Waals surface area contributed by atoms with Crippen LogP contribution in [-0.4, -0.2) is 64.8 Å². The molecule has 37 heavy (non-hydrogen) atoms. The minimum Gasteiger partial charge on any atom is -0.471 e. The van der Waals surface area contributed by atoms with Crippen LogP contribution in [0.1, 0.15) is 43.0 Å². The molecule has 0 spiro atoms. The van der Waals surface area contributed by atoms with E-state index in [1.807, 2.05) is 6.92 Å². The number of nitrogens with one attached hydrogen (secondary N) is 1. The lowest BCUT2D eigenvalue weighted by Gasteiger charge is -2.46. The number of likely N-dealkylation sites (tertiary alicyclic amines) is 1. The van der Waals surface area contributed by atoms with Crippen molar-refractivity contribution in [1.82, 2.24) is 14.9 Å². The number of fused-ring (bicyclic) bond motifs is 2. The molecule has 2 aromatic rings. The van der Waals surface area contributed by atoms with E-state index in [9.17, 15) is 14.0 Å². The Morgan fingerprint density at radius 3 is 2.51 bits per heavy atom. The molecule has 11 heteroatoms. The maximum atomic E-state index is 15.3. The van der Waals surface area contributed by atoms with Gasteiger partial charge < -0.3 is 24.4 Å². The third kappa shape index (κ3) is 4.96. The first kappa shape index (κ1) is 24.0. The zero-order valence-electron chi connectivity index (χ0n) is 20.4. The van der Waals surface area contributed by atoms with Crippen LogP contribution in [-0.2, 0) is 9.47 Å². The van der Waals surface area contributed by atoms with E-state index >= 15 is 4.39 Å². The number of rotatable bonds is 7. The molecule has 6 rings (SSSR count). The van der Waals surface area contributed by atoms with Gasteiger partial charge in [0.1, 0.15) is 23.8 Å². The van der Waals surface area contributed by atoms with E-state index in [0.29, 0.717) is 31.9 Å². The molecule has 2 aliphatic carbocycles. The van der Waals surface area contributed by atoms with Crippen LogP contribution in [0.15, 0.2) is 24.5 Å². The SMILES string of the molecule is CC1(OC(=O)N2CC3COCC(C2)C3Oc2ncnc(Nc3ccc(C(=O)C4CC4)cc3F)c2F)CC1. The summed E-state index contributed by atoms with van der Waals surface area (Å²) in [6, 6.07) is 4.07. The zero-order chi connectivity index (χ0) is 25.7.